The predicted octanol–water partition coefficient (Wildman–Crippen LogP) is 2.00. The Hall–Kier alpha value is -2.97. The molecule has 1 aromatic carbocycles. The van der Waals surface area contributed by atoms with Crippen molar-refractivity contribution in [1.82, 2.24) is 15.3 Å². The summed E-state index contributed by atoms with van der Waals surface area (Å²) in [6, 6.07) is 7.79. The molecule has 0 bridgehead atoms. The van der Waals surface area contributed by atoms with Crippen LogP contribution in [-0.2, 0) is 18.0 Å². The second-order valence-corrected chi connectivity index (χ2v) is 6.85. The highest BCUT2D eigenvalue weighted by atomic mass is 16.5. The Kier molecular flexibility index (Phi) is 5.50. The van der Waals surface area contributed by atoms with Crippen LogP contribution in [0.3, 0.4) is 0 Å². The smallest absolute Gasteiger partial charge is 0.227 e. The van der Waals surface area contributed by atoms with Gasteiger partial charge in [0.1, 0.15) is 5.82 Å². The zero-order valence-electron chi connectivity index (χ0n) is 15.7. The fourth-order valence-electron chi connectivity index (χ4n) is 3.44. The third-order valence-corrected chi connectivity index (χ3v) is 5.01. The highest BCUT2D eigenvalue weighted by Gasteiger charge is 2.23. The topological polar surface area (TPSA) is 112 Å². The van der Waals surface area contributed by atoms with Crippen molar-refractivity contribution in [1.29, 1.82) is 5.41 Å². The van der Waals surface area contributed by atoms with E-state index in [0.717, 1.165) is 66.9 Å². The number of anilines is 3. The van der Waals surface area contributed by atoms with Gasteiger partial charge in [0.15, 0.2) is 0 Å². The zero-order chi connectivity index (χ0) is 19.3. The highest BCUT2D eigenvalue weighted by molar-refractivity contribution is 6.08. The fraction of sp³-hybridized carbons (Fsp3) is 0.350. The number of rotatable bonds is 5. The molecule has 2 aromatic rings. The number of hydrogen-bond acceptors (Lipinski definition) is 8. The van der Waals surface area contributed by atoms with Crippen molar-refractivity contribution in [2.45, 2.75) is 19.6 Å². The summed E-state index contributed by atoms with van der Waals surface area (Å²) in [7, 11) is 0. The monoisotopic (exact) mass is 379 g/mol. The number of nitrogens with one attached hydrogen (secondary N) is 3. The molecule has 0 saturated carbocycles. The van der Waals surface area contributed by atoms with Crippen LogP contribution in [0.25, 0.3) is 5.57 Å². The lowest BCUT2D eigenvalue weighted by atomic mass is 10.1. The summed E-state index contributed by atoms with van der Waals surface area (Å²) < 4.78 is 5.62. The normalized spacial score (nSPS) is 17.1. The van der Waals surface area contributed by atoms with Gasteiger partial charge in [-0.1, -0.05) is 12.1 Å². The Morgan fingerprint density at radius 1 is 1.18 bits per heavy atom. The van der Waals surface area contributed by atoms with Crippen molar-refractivity contribution in [2.75, 3.05) is 36.4 Å². The minimum absolute atomic E-state index is 0.519. The largest absolute Gasteiger partial charge is 0.404 e. The number of nitrogens with two attached hydrogens (primary N) is 1. The number of allylic oxidation sites excluding steroid dienone is 1. The van der Waals surface area contributed by atoms with Gasteiger partial charge in [0.05, 0.1) is 18.9 Å². The van der Waals surface area contributed by atoms with Crippen molar-refractivity contribution >= 4 is 29.2 Å². The number of nitrogens with zero attached hydrogens (tertiary/aromatic N) is 3. The molecule has 0 amide bonds. The van der Waals surface area contributed by atoms with E-state index in [4.69, 9.17) is 25.8 Å². The first-order chi connectivity index (χ1) is 13.8. The van der Waals surface area contributed by atoms with Crippen LogP contribution in [-0.4, -0.2) is 42.4 Å². The van der Waals surface area contributed by atoms with E-state index in [1.165, 1.54) is 12.4 Å². The van der Waals surface area contributed by atoms with Crippen LogP contribution in [0.2, 0.25) is 0 Å². The SMILES string of the molecule is N=C/C(=C\N)c1ccc(Nc2nc(N3CCCNCC3)nc3c2COC3)cc1. The molecule has 3 heterocycles. The van der Waals surface area contributed by atoms with Crippen molar-refractivity contribution in [3.8, 4) is 0 Å². The maximum absolute atomic E-state index is 7.42. The third-order valence-electron chi connectivity index (χ3n) is 5.01. The lowest BCUT2D eigenvalue weighted by Gasteiger charge is -2.21. The molecule has 5 N–H and O–H groups in total. The number of ether oxygens (including phenoxy) is 1. The summed E-state index contributed by atoms with van der Waals surface area (Å²) in [6.45, 7) is 4.84. The van der Waals surface area contributed by atoms with Gasteiger partial charge in [-0.15, -0.1) is 0 Å². The third kappa shape index (κ3) is 3.83. The molecule has 4 rings (SSSR count). The van der Waals surface area contributed by atoms with Crippen molar-refractivity contribution in [3.05, 3.63) is 47.3 Å². The Balaban J connectivity index is 1.61. The van der Waals surface area contributed by atoms with Crippen molar-refractivity contribution in [2.24, 2.45) is 5.73 Å². The van der Waals surface area contributed by atoms with Crippen LogP contribution in [0.1, 0.15) is 23.2 Å². The quantitative estimate of drug-likeness (QED) is 0.588. The Morgan fingerprint density at radius 3 is 2.82 bits per heavy atom. The summed E-state index contributed by atoms with van der Waals surface area (Å²) in [5.74, 6) is 1.55. The van der Waals surface area contributed by atoms with Crippen molar-refractivity contribution in [3.63, 3.8) is 0 Å². The average molecular weight is 379 g/mol. The first-order valence-electron chi connectivity index (χ1n) is 9.51. The van der Waals surface area contributed by atoms with Crippen LogP contribution >= 0.6 is 0 Å². The summed E-state index contributed by atoms with van der Waals surface area (Å²) in [5.41, 5.74) is 10.0. The highest BCUT2D eigenvalue weighted by Crippen LogP contribution is 2.29. The maximum Gasteiger partial charge on any atom is 0.227 e. The molecule has 1 aromatic heterocycles. The van der Waals surface area contributed by atoms with E-state index in [1.54, 1.807) is 0 Å². The van der Waals surface area contributed by atoms with Crippen LogP contribution in [0.15, 0.2) is 30.5 Å². The molecule has 2 aliphatic rings. The number of benzene rings is 1. The molecule has 1 saturated heterocycles. The molecular weight excluding hydrogens is 354 g/mol. The molecule has 8 heteroatoms. The van der Waals surface area contributed by atoms with E-state index in [2.05, 4.69) is 15.5 Å². The summed E-state index contributed by atoms with van der Waals surface area (Å²) in [6.07, 6.45) is 3.76. The van der Waals surface area contributed by atoms with Gasteiger partial charge in [0.25, 0.3) is 0 Å². The molecule has 146 valence electrons. The Labute approximate surface area is 164 Å². The number of fused-ring (bicyclic) bond motifs is 1. The van der Waals surface area contributed by atoms with E-state index in [1.807, 2.05) is 24.3 Å². The average Bonchev–Trinajstić information content (AvgIpc) is 3.03. The molecule has 2 aliphatic heterocycles. The van der Waals surface area contributed by atoms with Gasteiger partial charge in [-0.3, -0.25) is 0 Å². The molecule has 0 aliphatic carbocycles. The van der Waals surface area contributed by atoms with Crippen molar-refractivity contribution < 1.29 is 4.74 Å². The van der Waals surface area contributed by atoms with Gasteiger partial charge in [-0.2, -0.15) is 4.98 Å². The van der Waals surface area contributed by atoms with Gasteiger partial charge in [0, 0.05) is 48.9 Å². The second-order valence-electron chi connectivity index (χ2n) is 6.85. The summed E-state index contributed by atoms with van der Waals surface area (Å²) in [5, 5.41) is 14.3. The van der Waals surface area contributed by atoms with Gasteiger partial charge in [0.2, 0.25) is 5.95 Å². The molecule has 1 fully saturated rings. The van der Waals surface area contributed by atoms with Gasteiger partial charge >= 0.3 is 0 Å². The summed E-state index contributed by atoms with van der Waals surface area (Å²) in [4.78, 5) is 11.8. The predicted molar refractivity (Wildman–Crippen MR) is 111 cm³/mol. The van der Waals surface area contributed by atoms with Crippen LogP contribution in [0.5, 0.6) is 0 Å². The minimum atomic E-state index is 0.519. The summed E-state index contributed by atoms with van der Waals surface area (Å²) >= 11 is 0. The van der Waals surface area contributed by atoms with Gasteiger partial charge in [-0.25, -0.2) is 4.98 Å². The zero-order valence-corrected chi connectivity index (χ0v) is 15.7. The molecule has 8 nitrogen and oxygen atoms in total. The first-order valence-corrected chi connectivity index (χ1v) is 9.51. The van der Waals surface area contributed by atoms with Crippen LogP contribution in [0, 0.1) is 5.41 Å². The number of aromatic nitrogens is 2. The molecular formula is C20H25N7O. The van der Waals surface area contributed by atoms with E-state index < -0.39 is 0 Å². The van der Waals surface area contributed by atoms with E-state index >= 15 is 0 Å². The minimum Gasteiger partial charge on any atom is -0.404 e. The first kappa shape index (κ1) is 18.4. The van der Waals surface area contributed by atoms with Gasteiger partial charge in [-0.05, 0) is 30.7 Å². The maximum atomic E-state index is 7.42. The van der Waals surface area contributed by atoms with E-state index in [0.29, 0.717) is 18.8 Å². The van der Waals surface area contributed by atoms with E-state index in [9.17, 15) is 0 Å². The van der Waals surface area contributed by atoms with Crippen LogP contribution < -0.4 is 21.3 Å². The van der Waals surface area contributed by atoms with Gasteiger partial charge < -0.3 is 31.4 Å². The second kappa shape index (κ2) is 8.37. The van der Waals surface area contributed by atoms with E-state index in [-0.39, 0.29) is 0 Å². The van der Waals surface area contributed by atoms with Crippen LogP contribution in [0.4, 0.5) is 17.5 Å². The lowest BCUT2D eigenvalue weighted by Crippen LogP contribution is -2.30. The molecule has 0 radical (unpaired) electrons. The molecule has 28 heavy (non-hydrogen) atoms. The molecule has 0 unspecified atom stereocenters. The standard InChI is InChI=1S/C20H25N7O/c21-10-15(11-22)14-2-4-16(5-3-14)24-19-17-12-28-13-18(17)25-20(26-19)27-8-1-6-23-7-9-27/h2-5,10-11,21,23H,1,6-9,12-13,22H2,(H,24,25,26)/b15-11+,21-10?. The Morgan fingerprint density at radius 2 is 2.04 bits per heavy atom. The number of hydrogen-bond donors (Lipinski definition) is 4. The molecule has 0 spiro atoms. The lowest BCUT2D eigenvalue weighted by molar-refractivity contribution is 0.133. The Bertz CT molecular complexity index is 871. The molecule has 0 atom stereocenters. The fourth-order valence-corrected chi connectivity index (χ4v) is 3.44.